The third-order valence-corrected chi connectivity index (χ3v) is 3.39. The number of aromatic nitrogens is 3. The number of pyridine rings is 1. The van der Waals surface area contributed by atoms with Crippen molar-refractivity contribution >= 4 is 0 Å². The number of nitrogens with zero attached hydrogens (tertiary/aromatic N) is 3. The molecule has 7 heteroatoms. The van der Waals surface area contributed by atoms with Gasteiger partial charge in [-0.05, 0) is 37.5 Å². The quantitative estimate of drug-likeness (QED) is 0.943. The maximum absolute atomic E-state index is 13.4. The Morgan fingerprint density at radius 3 is 2.76 bits per heavy atom. The fourth-order valence-corrected chi connectivity index (χ4v) is 2.17. The number of hydrogen-bond acceptors (Lipinski definition) is 3. The van der Waals surface area contributed by atoms with Gasteiger partial charge in [-0.15, -0.1) is 0 Å². The van der Waals surface area contributed by atoms with Crippen molar-refractivity contribution in [2.75, 3.05) is 0 Å². The molecule has 0 saturated heterocycles. The van der Waals surface area contributed by atoms with Crippen LogP contribution in [0.1, 0.15) is 29.7 Å². The van der Waals surface area contributed by atoms with Crippen molar-refractivity contribution in [2.45, 2.75) is 38.5 Å². The molecule has 0 amide bonds. The average molecular weight is 296 g/mol. The summed E-state index contributed by atoms with van der Waals surface area (Å²) < 4.78 is 40.9. The Labute approximate surface area is 120 Å². The molecule has 0 aromatic carbocycles. The first-order valence-electron chi connectivity index (χ1n) is 6.75. The van der Waals surface area contributed by atoms with Gasteiger partial charge in [0.05, 0.1) is 6.20 Å². The fraction of sp³-hybridized carbons (Fsp3) is 0.429. The van der Waals surface area contributed by atoms with E-state index in [9.17, 15) is 13.2 Å². The number of halogens is 3. The van der Waals surface area contributed by atoms with Crippen LogP contribution in [0.15, 0.2) is 24.5 Å². The lowest BCUT2D eigenvalue weighted by Crippen LogP contribution is -2.21. The maximum atomic E-state index is 13.4. The first kappa shape index (κ1) is 14.1. The Morgan fingerprint density at radius 2 is 2.14 bits per heavy atom. The van der Waals surface area contributed by atoms with Gasteiger partial charge in [0, 0.05) is 24.3 Å². The van der Waals surface area contributed by atoms with E-state index in [-0.39, 0.29) is 17.9 Å². The van der Waals surface area contributed by atoms with Crippen LogP contribution in [-0.2, 0) is 12.7 Å². The number of alkyl halides is 3. The molecule has 0 unspecified atom stereocenters. The molecule has 112 valence electrons. The molecule has 0 radical (unpaired) electrons. The SMILES string of the molecule is Cc1ccnc(-n2ncc(CNC3CC3)c2C(F)(F)F)c1. The third kappa shape index (κ3) is 3.07. The smallest absolute Gasteiger partial charge is 0.310 e. The first-order chi connectivity index (χ1) is 9.95. The van der Waals surface area contributed by atoms with Gasteiger partial charge in [0.1, 0.15) is 0 Å². The largest absolute Gasteiger partial charge is 0.433 e. The van der Waals surface area contributed by atoms with Gasteiger partial charge >= 0.3 is 6.18 Å². The fourth-order valence-electron chi connectivity index (χ4n) is 2.17. The van der Waals surface area contributed by atoms with Gasteiger partial charge in [-0.1, -0.05) is 0 Å². The van der Waals surface area contributed by atoms with Crippen molar-refractivity contribution in [3.05, 3.63) is 41.3 Å². The van der Waals surface area contributed by atoms with Gasteiger partial charge in [-0.25, -0.2) is 9.67 Å². The standard InChI is InChI=1S/C14H15F3N4/c1-9-4-5-18-12(6-9)21-13(14(15,16)17)10(8-20-21)7-19-11-2-3-11/h4-6,8,11,19H,2-3,7H2,1H3. The summed E-state index contributed by atoms with van der Waals surface area (Å²) in [6, 6.07) is 3.66. The van der Waals surface area contributed by atoms with Crippen LogP contribution in [0.25, 0.3) is 5.82 Å². The lowest BCUT2D eigenvalue weighted by molar-refractivity contribution is -0.143. The van der Waals surface area contributed by atoms with E-state index in [0.29, 0.717) is 6.04 Å². The Hall–Kier alpha value is -1.89. The van der Waals surface area contributed by atoms with Gasteiger partial charge in [0.25, 0.3) is 0 Å². The van der Waals surface area contributed by atoms with E-state index >= 15 is 0 Å². The summed E-state index contributed by atoms with van der Waals surface area (Å²) >= 11 is 0. The minimum atomic E-state index is -4.47. The molecule has 1 aliphatic rings. The molecule has 1 N–H and O–H groups in total. The van der Waals surface area contributed by atoms with Crippen molar-refractivity contribution < 1.29 is 13.2 Å². The van der Waals surface area contributed by atoms with E-state index in [1.807, 2.05) is 0 Å². The van der Waals surface area contributed by atoms with E-state index in [4.69, 9.17) is 0 Å². The van der Waals surface area contributed by atoms with Crippen LogP contribution < -0.4 is 5.32 Å². The summed E-state index contributed by atoms with van der Waals surface area (Å²) in [6.07, 6.45) is 0.323. The molecule has 0 aliphatic heterocycles. The van der Waals surface area contributed by atoms with E-state index in [2.05, 4.69) is 15.4 Å². The number of rotatable bonds is 4. The minimum Gasteiger partial charge on any atom is -0.310 e. The summed E-state index contributed by atoms with van der Waals surface area (Å²) in [7, 11) is 0. The Balaban J connectivity index is 1.99. The van der Waals surface area contributed by atoms with Crippen LogP contribution in [0, 0.1) is 6.92 Å². The van der Waals surface area contributed by atoms with Crippen LogP contribution in [0.5, 0.6) is 0 Å². The summed E-state index contributed by atoms with van der Waals surface area (Å²) in [4.78, 5) is 3.98. The highest BCUT2D eigenvalue weighted by molar-refractivity contribution is 5.33. The van der Waals surface area contributed by atoms with Crippen molar-refractivity contribution in [3.8, 4) is 5.82 Å². The van der Waals surface area contributed by atoms with Crippen LogP contribution in [0.3, 0.4) is 0 Å². The normalized spacial score (nSPS) is 15.4. The van der Waals surface area contributed by atoms with Crippen molar-refractivity contribution in [3.63, 3.8) is 0 Å². The summed E-state index contributed by atoms with van der Waals surface area (Å²) in [6.45, 7) is 1.98. The summed E-state index contributed by atoms with van der Waals surface area (Å²) in [5.74, 6) is 0.181. The van der Waals surface area contributed by atoms with Crippen molar-refractivity contribution in [1.82, 2.24) is 20.1 Å². The van der Waals surface area contributed by atoms with Gasteiger partial charge in [0.15, 0.2) is 11.5 Å². The highest BCUT2D eigenvalue weighted by Gasteiger charge is 2.39. The Bertz CT molecular complexity index is 644. The minimum absolute atomic E-state index is 0.151. The van der Waals surface area contributed by atoms with E-state index < -0.39 is 11.9 Å². The molecule has 21 heavy (non-hydrogen) atoms. The molecule has 1 fully saturated rings. The first-order valence-corrected chi connectivity index (χ1v) is 6.75. The molecule has 1 saturated carbocycles. The van der Waals surface area contributed by atoms with E-state index in [1.165, 1.54) is 12.4 Å². The molecular weight excluding hydrogens is 281 g/mol. The predicted molar refractivity (Wildman–Crippen MR) is 71.0 cm³/mol. The van der Waals surface area contributed by atoms with Crippen molar-refractivity contribution in [2.24, 2.45) is 0 Å². The molecule has 2 heterocycles. The zero-order chi connectivity index (χ0) is 15.0. The molecule has 2 aromatic rings. The van der Waals surface area contributed by atoms with Crippen LogP contribution in [0.2, 0.25) is 0 Å². The lowest BCUT2D eigenvalue weighted by atomic mass is 10.2. The maximum Gasteiger partial charge on any atom is 0.433 e. The molecular formula is C14H15F3N4. The van der Waals surface area contributed by atoms with Crippen molar-refractivity contribution in [1.29, 1.82) is 0 Å². The Morgan fingerprint density at radius 1 is 1.38 bits per heavy atom. The zero-order valence-corrected chi connectivity index (χ0v) is 11.5. The van der Waals surface area contributed by atoms with Gasteiger partial charge in [0.2, 0.25) is 0 Å². The number of hydrogen-bond donors (Lipinski definition) is 1. The summed E-state index contributed by atoms with van der Waals surface area (Å²) in [5.41, 5.74) is 0.229. The molecule has 0 atom stereocenters. The second-order valence-electron chi connectivity index (χ2n) is 5.27. The van der Waals surface area contributed by atoms with Crippen LogP contribution in [0.4, 0.5) is 13.2 Å². The average Bonchev–Trinajstić information content (AvgIpc) is 3.12. The Kier molecular flexibility index (Phi) is 3.44. The highest BCUT2D eigenvalue weighted by atomic mass is 19.4. The van der Waals surface area contributed by atoms with E-state index in [1.54, 1.807) is 19.1 Å². The second kappa shape index (κ2) is 5.14. The van der Waals surface area contributed by atoms with Gasteiger partial charge in [-0.3, -0.25) is 0 Å². The molecule has 4 nitrogen and oxygen atoms in total. The topological polar surface area (TPSA) is 42.7 Å². The summed E-state index contributed by atoms with van der Waals surface area (Å²) in [5, 5.41) is 6.97. The predicted octanol–water partition coefficient (Wildman–Crippen LogP) is 2.85. The second-order valence-corrected chi connectivity index (χ2v) is 5.27. The van der Waals surface area contributed by atoms with Crippen LogP contribution >= 0.6 is 0 Å². The van der Waals surface area contributed by atoms with Gasteiger partial charge < -0.3 is 5.32 Å². The monoisotopic (exact) mass is 296 g/mol. The molecule has 0 spiro atoms. The number of nitrogens with one attached hydrogen (secondary N) is 1. The van der Waals surface area contributed by atoms with E-state index in [0.717, 1.165) is 23.1 Å². The molecule has 3 rings (SSSR count). The highest BCUT2D eigenvalue weighted by Crippen LogP contribution is 2.33. The zero-order valence-electron chi connectivity index (χ0n) is 11.5. The lowest BCUT2D eigenvalue weighted by Gasteiger charge is -2.12. The van der Waals surface area contributed by atoms with Gasteiger partial charge in [-0.2, -0.15) is 18.3 Å². The molecule has 1 aliphatic carbocycles. The van der Waals surface area contributed by atoms with Crippen LogP contribution in [-0.4, -0.2) is 20.8 Å². The third-order valence-electron chi connectivity index (χ3n) is 3.39. The number of aryl methyl sites for hydroxylation is 1. The molecule has 2 aromatic heterocycles. The molecule has 0 bridgehead atoms.